The number of unbranched alkanes of at least 4 members (excludes halogenated alkanes) is 15. The average Bonchev–Trinajstić information content (AvgIpc) is 2.72. The topological polar surface area (TPSA) is 75.4 Å². The van der Waals surface area contributed by atoms with E-state index in [1.807, 2.05) is 7.05 Å². The molecule has 0 aromatic carbocycles. The summed E-state index contributed by atoms with van der Waals surface area (Å²) in [6.45, 7) is 12.5. The van der Waals surface area contributed by atoms with Gasteiger partial charge in [0.05, 0.1) is 0 Å². The van der Waals surface area contributed by atoms with Crippen molar-refractivity contribution >= 4 is 0 Å². The van der Waals surface area contributed by atoms with E-state index >= 15 is 0 Å². The van der Waals surface area contributed by atoms with E-state index in [0.29, 0.717) is 0 Å². The van der Waals surface area contributed by atoms with Crippen LogP contribution in [-0.2, 0) is 0 Å². The van der Waals surface area contributed by atoms with Crippen molar-refractivity contribution in [2.24, 2.45) is 0 Å². The van der Waals surface area contributed by atoms with Crippen LogP contribution in [0, 0.1) is 10.1 Å². The van der Waals surface area contributed by atoms with E-state index in [1.165, 1.54) is 122 Å². The second kappa shape index (κ2) is 42.3. The zero-order valence-corrected chi connectivity index (χ0v) is 21.6. The number of nitrogens with one attached hydrogen (secondary N) is 1. The van der Waals surface area contributed by atoms with E-state index in [1.54, 1.807) is 0 Å². The molecule has 0 saturated heterocycles. The molecule has 0 aliphatic carbocycles. The van der Waals surface area contributed by atoms with E-state index in [0.717, 1.165) is 0 Å². The van der Waals surface area contributed by atoms with Crippen molar-refractivity contribution < 1.29 is 10.3 Å². The first-order chi connectivity index (χ1) is 14.5. The summed E-state index contributed by atoms with van der Waals surface area (Å²) in [7, 11) is 2.02. The normalized spacial score (nSPS) is 9.40. The third-order valence-corrected chi connectivity index (χ3v) is 4.69. The lowest BCUT2D eigenvalue weighted by Gasteiger charge is -1.98. The molecule has 30 heavy (non-hydrogen) atoms. The van der Waals surface area contributed by atoms with Crippen molar-refractivity contribution in [3.63, 3.8) is 0 Å². The molecule has 0 rings (SSSR count). The minimum absolute atomic E-state index is 1.19. The van der Waals surface area contributed by atoms with Crippen LogP contribution in [-0.4, -0.2) is 23.9 Å². The summed E-state index contributed by atoms with van der Waals surface area (Å²) >= 11 is 0. The fourth-order valence-electron chi connectivity index (χ4n) is 2.79. The Hall–Kier alpha value is -0.840. The van der Waals surface area contributed by atoms with Crippen molar-refractivity contribution in [1.82, 2.24) is 5.32 Å². The highest BCUT2D eigenvalue weighted by molar-refractivity contribution is 4.45. The summed E-state index contributed by atoms with van der Waals surface area (Å²) in [6, 6.07) is 0. The van der Waals surface area contributed by atoms with Gasteiger partial charge < -0.3 is 10.5 Å². The molecule has 0 radical (unpaired) electrons. The lowest BCUT2D eigenvalue weighted by atomic mass is 10.1. The maximum atomic E-state index is 8.36. The molecule has 0 aliphatic heterocycles. The summed E-state index contributed by atoms with van der Waals surface area (Å²) in [6.07, 6.45) is 25.4. The standard InChI is InChI=1S/C9H21N.2C8H18.HNO3/c1-3-4-5-6-7-8-9-10-2;2*1-3-5-7-8-6-4-2;2-1(3)4/h10H,3-9H2,1-2H3;2*3-8H2,1-2H3;(H,2,3,4). The second-order valence-corrected chi connectivity index (χ2v) is 7.94. The summed E-state index contributed by atoms with van der Waals surface area (Å²) in [5.41, 5.74) is 0. The molecule has 0 aromatic rings. The zero-order chi connectivity index (χ0) is 23.7. The van der Waals surface area contributed by atoms with Gasteiger partial charge in [0.25, 0.3) is 5.09 Å². The highest BCUT2D eigenvalue weighted by atomic mass is 16.9. The Labute approximate surface area is 189 Å². The lowest BCUT2D eigenvalue weighted by molar-refractivity contribution is -0.742. The van der Waals surface area contributed by atoms with Crippen LogP contribution < -0.4 is 5.32 Å². The third-order valence-electron chi connectivity index (χ3n) is 4.69. The van der Waals surface area contributed by atoms with Gasteiger partial charge in [-0.15, -0.1) is 10.1 Å². The van der Waals surface area contributed by atoms with Crippen LogP contribution >= 0.6 is 0 Å². The monoisotopic (exact) mass is 434 g/mol. The summed E-state index contributed by atoms with van der Waals surface area (Å²) in [5.74, 6) is 0. The first-order valence-electron chi connectivity index (χ1n) is 13.0. The van der Waals surface area contributed by atoms with Gasteiger partial charge in [-0.25, -0.2) is 0 Å². The van der Waals surface area contributed by atoms with Crippen LogP contribution in [0.4, 0.5) is 0 Å². The first kappa shape index (κ1) is 36.5. The van der Waals surface area contributed by atoms with E-state index in [9.17, 15) is 0 Å². The maximum absolute atomic E-state index is 8.36. The van der Waals surface area contributed by atoms with Crippen molar-refractivity contribution in [3.8, 4) is 0 Å². The highest BCUT2D eigenvalue weighted by Crippen LogP contribution is 2.04. The van der Waals surface area contributed by atoms with Gasteiger partial charge in [-0.3, -0.25) is 0 Å². The predicted molar refractivity (Wildman–Crippen MR) is 134 cm³/mol. The van der Waals surface area contributed by atoms with Crippen LogP contribution in [0.15, 0.2) is 0 Å². The van der Waals surface area contributed by atoms with Crippen LogP contribution in [0.2, 0.25) is 0 Å². The Balaban J connectivity index is -0.000000156. The molecule has 186 valence electrons. The smallest absolute Gasteiger partial charge is 0.291 e. The number of nitrogens with zero attached hydrogens (tertiary/aromatic N) is 1. The molecule has 0 aromatic heterocycles. The van der Waals surface area contributed by atoms with Crippen molar-refractivity contribution in [2.75, 3.05) is 13.6 Å². The molecular weight excluding hydrogens is 376 g/mol. The van der Waals surface area contributed by atoms with Gasteiger partial charge >= 0.3 is 0 Å². The Kier molecular flexibility index (Phi) is 51.5. The van der Waals surface area contributed by atoms with Gasteiger partial charge in [0, 0.05) is 0 Å². The molecule has 0 amide bonds. The molecule has 2 N–H and O–H groups in total. The van der Waals surface area contributed by atoms with Crippen LogP contribution in [0.5, 0.6) is 0 Å². The molecule has 5 nitrogen and oxygen atoms in total. The van der Waals surface area contributed by atoms with Gasteiger partial charge in [-0.2, -0.15) is 0 Å². The molecule has 0 aliphatic rings. The summed E-state index contributed by atoms with van der Waals surface area (Å²) in [4.78, 5) is 8.36. The first-order valence-corrected chi connectivity index (χ1v) is 13.0. The van der Waals surface area contributed by atoms with E-state index in [4.69, 9.17) is 15.3 Å². The second-order valence-electron chi connectivity index (χ2n) is 7.94. The van der Waals surface area contributed by atoms with Gasteiger partial charge in [0.1, 0.15) is 0 Å². The van der Waals surface area contributed by atoms with Crippen molar-refractivity contribution in [3.05, 3.63) is 10.1 Å². The minimum Gasteiger partial charge on any atom is -0.328 e. The third kappa shape index (κ3) is 71.2. The Morgan fingerprint density at radius 3 is 0.967 bits per heavy atom. The van der Waals surface area contributed by atoms with Crippen molar-refractivity contribution in [2.45, 2.75) is 150 Å². The molecule has 0 saturated carbocycles. The quantitative estimate of drug-likeness (QED) is 0.136. The summed E-state index contributed by atoms with van der Waals surface area (Å²) < 4.78 is 0. The van der Waals surface area contributed by atoms with Crippen LogP contribution in [0.3, 0.4) is 0 Å². The molecular formula is C25H58N2O3. The molecule has 0 spiro atoms. The minimum atomic E-state index is -1.50. The average molecular weight is 435 g/mol. The zero-order valence-electron chi connectivity index (χ0n) is 21.6. The summed E-state index contributed by atoms with van der Waals surface area (Å²) in [5, 5.41) is 16.8. The Morgan fingerprint density at radius 2 is 0.767 bits per heavy atom. The maximum Gasteiger partial charge on any atom is 0.291 e. The van der Waals surface area contributed by atoms with E-state index in [2.05, 4.69) is 39.9 Å². The van der Waals surface area contributed by atoms with E-state index < -0.39 is 5.09 Å². The number of hydrogen-bond donors (Lipinski definition) is 2. The Bertz CT molecular complexity index is 229. The van der Waals surface area contributed by atoms with Gasteiger partial charge in [-0.1, -0.05) is 144 Å². The van der Waals surface area contributed by atoms with Crippen LogP contribution in [0.1, 0.15) is 150 Å². The molecule has 0 fully saturated rings. The van der Waals surface area contributed by atoms with Gasteiger partial charge in [-0.05, 0) is 20.0 Å². The number of rotatable bonds is 17. The highest BCUT2D eigenvalue weighted by Gasteiger charge is 1.87. The molecule has 5 heteroatoms. The fourth-order valence-corrected chi connectivity index (χ4v) is 2.79. The Morgan fingerprint density at radius 1 is 0.567 bits per heavy atom. The van der Waals surface area contributed by atoms with E-state index in [-0.39, 0.29) is 0 Å². The molecule has 0 unspecified atom stereocenters. The van der Waals surface area contributed by atoms with Crippen LogP contribution in [0.25, 0.3) is 0 Å². The SMILES string of the molecule is CCCCCCCC.CCCCCCCC.CCCCCCCCNC.O=[N+]([O-])O. The molecule has 0 heterocycles. The van der Waals surface area contributed by atoms with Crippen molar-refractivity contribution in [1.29, 1.82) is 0 Å². The number of hydrogen-bond acceptors (Lipinski definition) is 3. The van der Waals surface area contributed by atoms with Gasteiger partial charge in [0.15, 0.2) is 0 Å². The molecule has 0 bridgehead atoms. The molecule has 0 atom stereocenters. The largest absolute Gasteiger partial charge is 0.328 e. The van der Waals surface area contributed by atoms with Gasteiger partial charge in [0.2, 0.25) is 0 Å². The fraction of sp³-hybridized carbons (Fsp3) is 1.00. The lowest BCUT2D eigenvalue weighted by Crippen LogP contribution is -2.06. The predicted octanol–water partition coefficient (Wildman–Crippen LogP) is 8.95.